The minimum atomic E-state index is -2.83. The van der Waals surface area contributed by atoms with E-state index in [1.54, 1.807) is 43.3 Å². The summed E-state index contributed by atoms with van der Waals surface area (Å²) in [5.74, 6) is -11.0. The van der Waals surface area contributed by atoms with E-state index in [-0.39, 0.29) is 24.1 Å². The zero-order chi connectivity index (χ0) is 33.1. The molecule has 3 unspecified atom stereocenters. The SMILES string of the molecule is COc1ccc(NC(=O)Nc2cc(N(C)C)c3c(c2O)C(=O)C2C(=O)[C@@]4(O)C(=O)C(C(N)=O)C(=O)C(N(C)C)[C@H]4C[C@H]2C3)cc1. The van der Waals surface area contributed by atoms with Crippen LogP contribution in [0.4, 0.5) is 21.9 Å². The molecule has 14 heteroatoms. The number of urea groups is 1. The van der Waals surface area contributed by atoms with Crippen LogP contribution in [-0.4, -0.2) is 97.1 Å². The number of carbonyl (C=O) groups is 6. The number of ether oxygens (including phenoxy) is 1. The standard InChI is InChI=1S/C31H35N5O9/c1-35(2)19-12-18(34-30(43)33-14-6-8-15(45-5)9-7-14)24(37)21-16(19)10-13-11-17-23(36(3)4)26(39)22(29(32)42)28(41)31(17,44)27(40)20(13)25(21)38/h6-9,12-13,17,20,22-23,37,44H,10-11H2,1-5H3,(H2,32,42)(H2,33,34,43)/t13-,17-,20?,22?,23?,31-/m1/s1. The number of fused-ring (bicyclic) bond motifs is 3. The number of nitrogens with one attached hydrogen (secondary N) is 2. The van der Waals surface area contributed by atoms with E-state index in [4.69, 9.17) is 10.5 Å². The molecule has 14 nitrogen and oxygen atoms in total. The Morgan fingerprint density at radius 1 is 1.02 bits per heavy atom. The first-order valence-electron chi connectivity index (χ1n) is 14.3. The van der Waals surface area contributed by atoms with Crippen molar-refractivity contribution in [2.75, 3.05) is 50.8 Å². The number of aromatic hydroxyl groups is 1. The van der Waals surface area contributed by atoms with E-state index in [1.807, 2.05) is 0 Å². The van der Waals surface area contributed by atoms with E-state index in [2.05, 4.69) is 10.6 Å². The molecule has 3 amide bonds. The molecule has 5 rings (SSSR count). The highest BCUT2D eigenvalue weighted by Gasteiger charge is 2.69. The van der Waals surface area contributed by atoms with Crippen LogP contribution < -0.4 is 26.0 Å². The second-order valence-electron chi connectivity index (χ2n) is 12.1. The van der Waals surface area contributed by atoms with Gasteiger partial charge in [0.1, 0.15) is 11.5 Å². The van der Waals surface area contributed by atoms with Crippen molar-refractivity contribution in [2.24, 2.45) is 29.4 Å². The van der Waals surface area contributed by atoms with Crippen LogP contribution >= 0.6 is 0 Å². The predicted octanol–water partition coefficient (Wildman–Crippen LogP) is 0.586. The van der Waals surface area contributed by atoms with Crippen molar-refractivity contribution < 1.29 is 43.7 Å². The number of nitrogens with zero attached hydrogens (tertiary/aromatic N) is 2. The molecule has 3 aliphatic carbocycles. The smallest absolute Gasteiger partial charge is 0.323 e. The highest BCUT2D eigenvalue weighted by atomic mass is 16.5. The van der Waals surface area contributed by atoms with Crippen molar-refractivity contribution in [2.45, 2.75) is 24.5 Å². The van der Waals surface area contributed by atoms with Gasteiger partial charge in [0, 0.05) is 31.4 Å². The van der Waals surface area contributed by atoms with Gasteiger partial charge in [-0.3, -0.25) is 28.9 Å². The van der Waals surface area contributed by atoms with Gasteiger partial charge in [0.15, 0.2) is 34.7 Å². The molecule has 0 aromatic heterocycles. The first-order chi connectivity index (χ1) is 21.1. The zero-order valence-electron chi connectivity index (χ0n) is 25.4. The van der Waals surface area contributed by atoms with Crippen LogP contribution in [0.1, 0.15) is 22.3 Å². The summed E-state index contributed by atoms with van der Waals surface area (Å²) >= 11 is 0. The van der Waals surface area contributed by atoms with Crippen molar-refractivity contribution in [3.63, 3.8) is 0 Å². The Hall–Kier alpha value is -4.82. The number of likely N-dealkylation sites (N-methyl/N-ethyl adjacent to an activating group) is 1. The van der Waals surface area contributed by atoms with Crippen LogP contribution in [-0.2, 0) is 25.6 Å². The van der Waals surface area contributed by atoms with Crippen LogP contribution in [0.25, 0.3) is 0 Å². The summed E-state index contributed by atoms with van der Waals surface area (Å²) in [4.78, 5) is 83.1. The number of phenols is 1. The highest BCUT2D eigenvalue weighted by molar-refractivity contribution is 6.32. The van der Waals surface area contributed by atoms with E-state index in [1.165, 1.54) is 32.2 Å². The summed E-state index contributed by atoms with van der Waals surface area (Å²) in [7, 11) is 7.97. The zero-order valence-corrected chi connectivity index (χ0v) is 25.4. The van der Waals surface area contributed by atoms with Gasteiger partial charge in [-0.15, -0.1) is 0 Å². The van der Waals surface area contributed by atoms with Crippen molar-refractivity contribution in [1.29, 1.82) is 0 Å². The molecule has 238 valence electrons. The number of hydrogen-bond acceptors (Lipinski definition) is 11. The van der Waals surface area contributed by atoms with Crippen LogP contribution in [0, 0.1) is 23.7 Å². The molecule has 0 bridgehead atoms. The third kappa shape index (κ3) is 4.90. The van der Waals surface area contributed by atoms with Gasteiger partial charge in [-0.05, 0) is 68.8 Å². The second-order valence-corrected chi connectivity index (χ2v) is 12.1. The van der Waals surface area contributed by atoms with Crippen molar-refractivity contribution in [3.05, 3.63) is 41.5 Å². The molecule has 0 saturated heterocycles. The Morgan fingerprint density at radius 3 is 2.22 bits per heavy atom. The van der Waals surface area contributed by atoms with E-state index < -0.39 is 76.1 Å². The van der Waals surface area contributed by atoms with Gasteiger partial charge >= 0.3 is 6.03 Å². The third-order valence-electron chi connectivity index (χ3n) is 9.12. The van der Waals surface area contributed by atoms with Gasteiger partial charge in [0.2, 0.25) is 5.91 Å². The number of ketones is 4. The molecular weight excluding hydrogens is 586 g/mol. The average molecular weight is 622 g/mol. The molecule has 3 aliphatic rings. The first kappa shape index (κ1) is 31.6. The van der Waals surface area contributed by atoms with Gasteiger partial charge in [-0.2, -0.15) is 0 Å². The summed E-state index contributed by atoms with van der Waals surface area (Å²) in [6.07, 6.45) is 0.0209. The lowest BCUT2D eigenvalue weighted by molar-refractivity contribution is -0.181. The Morgan fingerprint density at radius 2 is 1.67 bits per heavy atom. The monoisotopic (exact) mass is 621 g/mol. The van der Waals surface area contributed by atoms with Gasteiger partial charge in [-0.25, -0.2) is 4.79 Å². The second kappa shape index (κ2) is 11.3. The third-order valence-corrected chi connectivity index (χ3v) is 9.12. The van der Waals surface area contributed by atoms with E-state index >= 15 is 0 Å². The van der Waals surface area contributed by atoms with Gasteiger partial charge in [0.25, 0.3) is 0 Å². The lowest BCUT2D eigenvalue weighted by atomic mass is 9.52. The molecule has 2 aromatic rings. The van der Waals surface area contributed by atoms with Crippen molar-refractivity contribution in [3.8, 4) is 11.5 Å². The lowest BCUT2D eigenvalue weighted by Crippen LogP contribution is -2.74. The number of amides is 3. The van der Waals surface area contributed by atoms with Crippen molar-refractivity contribution >= 4 is 52.1 Å². The van der Waals surface area contributed by atoms with Crippen molar-refractivity contribution in [1.82, 2.24) is 4.90 Å². The number of methoxy groups -OCH3 is 1. The fraction of sp³-hybridized carbons (Fsp3) is 0.419. The van der Waals surface area contributed by atoms with Gasteiger partial charge in [0.05, 0.1) is 30.3 Å². The number of phenolic OH excluding ortho intramolecular Hbond substituents is 1. The maximum Gasteiger partial charge on any atom is 0.323 e. The summed E-state index contributed by atoms with van der Waals surface area (Å²) in [5.41, 5.74) is 3.52. The van der Waals surface area contributed by atoms with Gasteiger partial charge in [-0.1, -0.05) is 0 Å². The largest absolute Gasteiger partial charge is 0.505 e. The van der Waals surface area contributed by atoms with Crippen LogP contribution in [0.3, 0.4) is 0 Å². The molecule has 0 radical (unpaired) electrons. The molecular formula is C31H35N5O9. The maximum atomic E-state index is 14.1. The summed E-state index contributed by atoms with van der Waals surface area (Å²) in [5, 5.41) is 28.3. The molecule has 6 atom stereocenters. The molecule has 0 spiro atoms. The number of aliphatic hydroxyl groups is 1. The quantitative estimate of drug-likeness (QED) is 0.223. The average Bonchev–Trinajstić information content (AvgIpc) is 2.96. The number of Topliss-reactive ketones (excluding diaryl/α,β-unsaturated/α-hetero) is 4. The van der Waals surface area contributed by atoms with Crippen LogP contribution in [0.15, 0.2) is 30.3 Å². The Bertz CT molecular complexity index is 1640. The lowest BCUT2D eigenvalue weighted by Gasteiger charge is -2.52. The number of primary amides is 1. The number of nitrogens with two attached hydrogens (primary N) is 1. The Labute approximate surface area is 258 Å². The first-order valence-corrected chi connectivity index (χ1v) is 14.3. The van der Waals surface area contributed by atoms with E-state index in [9.17, 15) is 39.0 Å². The van der Waals surface area contributed by atoms with Crippen LogP contribution in [0.5, 0.6) is 11.5 Å². The predicted molar refractivity (Wildman–Crippen MR) is 161 cm³/mol. The molecule has 2 saturated carbocycles. The minimum Gasteiger partial charge on any atom is -0.505 e. The highest BCUT2D eigenvalue weighted by Crippen LogP contribution is 2.52. The molecule has 2 fully saturated rings. The maximum absolute atomic E-state index is 14.1. The molecule has 0 heterocycles. The Balaban J connectivity index is 1.55. The molecule has 2 aromatic carbocycles. The Kier molecular flexibility index (Phi) is 7.92. The number of rotatable bonds is 6. The van der Waals surface area contributed by atoms with Crippen LogP contribution in [0.2, 0.25) is 0 Å². The summed E-state index contributed by atoms with van der Waals surface area (Å²) in [6, 6.07) is 6.09. The normalized spacial score (nSPS) is 27.3. The molecule has 6 N–H and O–H groups in total. The molecule has 45 heavy (non-hydrogen) atoms. The van der Waals surface area contributed by atoms with E-state index in [0.29, 0.717) is 22.7 Å². The molecule has 0 aliphatic heterocycles. The topological polar surface area (TPSA) is 209 Å². The number of benzene rings is 2. The fourth-order valence-corrected chi connectivity index (χ4v) is 7.11. The summed E-state index contributed by atoms with van der Waals surface area (Å²) < 4.78 is 5.11. The van der Waals surface area contributed by atoms with E-state index in [0.717, 1.165) is 0 Å². The summed E-state index contributed by atoms with van der Waals surface area (Å²) in [6.45, 7) is 0. The minimum absolute atomic E-state index is 0.0677. The number of anilines is 3. The number of carbonyl (C=O) groups excluding carboxylic acids is 6. The number of hydrogen-bond donors (Lipinski definition) is 5. The van der Waals surface area contributed by atoms with Gasteiger partial charge < -0.3 is 36.2 Å². The fourth-order valence-electron chi connectivity index (χ4n) is 7.11.